The molecule has 5 nitrogen and oxygen atoms in total. The highest BCUT2D eigenvalue weighted by Crippen LogP contribution is 2.33. The van der Waals surface area contributed by atoms with Gasteiger partial charge in [0.25, 0.3) is 0 Å². The Morgan fingerprint density at radius 2 is 2.24 bits per heavy atom. The molecule has 2 fully saturated rings. The number of amides is 2. The predicted molar refractivity (Wildman–Crippen MR) is 84.6 cm³/mol. The fourth-order valence-corrected chi connectivity index (χ4v) is 4.85. The molecular formula is C15H26N2O3S. The molecule has 0 radical (unpaired) electrons. The second-order valence-corrected chi connectivity index (χ2v) is 7.15. The number of carboxylic acids is 1. The highest BCUT2D eigenvalue weighted by atomic mass is 32.2. The third kappa shape index (κ3) is 4.53. The summed E-state index contributed by atoms with van der Waals surface area (Å²) in [6, 6.07) is 0.443. The number of carbonyl (C=O) groups excluding carboxylic acids is 1. The predicted octanol–water partition coefficient (Wildman–Crippen LogP) is 2.41. The van der Waals surface area contributed by atoms with Gasteiger partial charge in [0.15, 0.2) is 0 Å². The molecule has 0 unspecified atom stereocenters. The SMILES string of the molecule is CCN1C(=O)NC[C@H]2CSC[C@@H](CCCCC(=O)O)C[C@H]21. The fraction of sp³-hybridized carbons (Fsp3) is 0.867. The third-order valence-corrected chi connectivity index (χ3v) is 5.95. The number of aliphatic carboxylic acids is 1. The number of hydrogen-bond acceptors (Lipinski definition) is 3. The zero-order chi connectivity index (χ0) is 15.2. The average molecular weight is 314 g/mol. The van der Waals surface area contributed by atoms with Crippen molar-refractivity contribution < 1.29 is 14.7 Å². The average Bonchev–Trinajstić information content (AvgIpc) is 2.65. The first-order chi connectivity index (χ1) is 10.1. The smallest absolute Gasteiger partial charge is 0.317 e. The summed E-state index contributed by atoms with van der Waals surface area (Å²) in [5.74, 6) is 2.72. The molecular weight excluding hydrogens is 288 g/mol. The molecule has 2 aliphatic heterocycles. The summed E-state index contributed by atoms with van der Waals surface area (Å²) >= 11 is 1.99. The monoisotopic (exact) mass is 314 g/mol. The minimum atomic E-state index is -0.702. The molecule has 6 heteroatoms. The Morgan fingerprint density at radius 1 is 1.43 bits per heavy atom. The van der Waals surface area contributed by atoms with Crippen LogP contribution in [0.3, 0.4) is 0 Å². The lowest BCUT2D eigenvalue weighted by Gasteiger charge is -2.41. The second-order valence-electron chi connectivity index (χ2n) is 6.08. The zero-order valence-corrected chi connectivity index (χ0v) is 13.5. The Labute approximate surface area is 130 Å². The van der Waals surface area contributed by atoms with Crippen molar-refractivity contribution in [1.82, 2.24) is 10.2 Å². The highest BCUT2D eigenvalue weighted by Gasteiger charge is 2.37. The van der Waals surface area contributed by atoms with Crippen LogP contribution >= 0.6 is 11.8 Å². The van der Waals surface area contributed by atoms with Crippen LogP contribution in [0, 0.1) is 11.8 Å². The molecule has 2 saturated heterocycles. The molecule has 3 atom stereocenters. The number of urea groups is 1. The summed E-state index contributed by atoms with van der Waals surface area (Å²) in [6.07, 6.45) is 4.18. The van der Waals surface area contributed by atoms with E-state index in [4.69, 9.17) is 5.11 Å². The van der Waals surface area contributed by atoms with Crippen LogP contribution in [0.2, 0.25) is 0 Å². The van der Waals surface area contributed by atoms with Gasteiger partial charge < -0.3 is 15.3 Å². The van der Waals surface area contributed by atoms with E-state index in [-0.39, 0.29) is 12.5 Å². The number of nitrogens with one attached hydrogen (secondary N) is 1. The zero-order valence-electron chi connectivity index (χ0n) is 12.7. The molecule has 120 valence electrons. The number of unbranched alkanes of at least 4 members (excludes halogenated alkanes) is 1. The van der Waals surface area contributed by atoms with Gasteiger partial charge in [-0.15, -0.1) is 0 Å². The van der Waals surface area contributed by atoms with Gasteiger partial charge in [-0.3, -0.25) is 4.79 Å². The van der Waals surface area contributed by atoms with Crippen LogP contribution in [0.15, 0.2) is 0 Å². The molecule has 0 spiro atoms. The largest absolute Gasteiger partial charge is 0.481 e. The van der Waals surface area contributed by atoms with Gasteiger partial charge in [0.1, 0.15) is 0 Å². The van der Waals surface area contributed by atoms with Crippen LogP contribution in [-0.4, -0.2) is 52.6 Å². The number of fused-ring (bicyclic) bond motifs is 1. The van der Waals surface area contributed by atoms with E-state index in [9.17, 15) is 9.59 Å². The van der Waals surface area contributed by atoms with Gasteiger partial charge in [-0.2, -0.15) is 11.8 Å². The van der Waals surface area contributed by atoms with Gasteiger partial charge in [0, 0.05) is 31.5 Å². The van der Waals surface area contributed by atoms with Crippen LogP contribution in [-0.2, 0) is 4.79 Å². The minimum Gasteiger partial charge on any atom is -0.481 e. The Hall–Kier alpha value is -0.910. The normalized spacial score (nSPS) is 29.5. The fourth-order valence-electron chi connectivity index (χ4n) is 3.43. The first kappa shape index (κ1) is 16.5. The van der Waals surface area contributed by atoms with E-state index in [1.54, 1.807) is 0 Å². The van der Waals surface area contributed by atoms with E-state index in [1.807, 2.05) is 23.6 Å². The van der Waals surface area contributed by atoms with Crippen LogP contribution in [0.1, 0.15) is 39.0 Å². The van der Waals surface area contributed by atoms with Gasteiger partial charge in [0.2, 0.25) is 0 Å². The third-order valence-electron chi connectivity index (χ3n) is 4.57. The molecule has 0 saturated carbocycles. The molecule has 0 aliphatic carbocycles. The second kappa shape index (κ2) is 7.92. The van der Waals surface area contributed by atoms with E-state index >= 15 is 0 Å². The summed E-state index contributed by atoms with van der Waals surface area (Å²) in [7, 11) is 0. The maximum absolute atomic E-state index is 12.0. The van der Waals surface area contributed by atoms with Crippen LogP contribution in [0.5, 0.6) is 0 Å². The van der Waals surface area contributed by atoms with Gasteiger partial charge >= 0.3 is 12.0 Å². The van der Waals surface area contributed by atoms with E-state index < -0.39 is 5.97 Å². The number of thioether (sulfide) groups is 1. The molecule has 0 aromatic heterocycles. The topological polar surface area (TPSA) is 69.6 Å². The van der Waals surface area contributed by atoms with Crippen LogP contribution in [0.25, 0.3) is 0 Å². The van der Waals surface area contributed by atoms with Crippen molar-refractivity contribution in [1.29, 1.82) is 0 Å². The first-order valence-electron chi connectivity index (χ1n) is 7.95. The molecule has 2 amide bonds. The van der Waals surface area contributed by atoms with E-state index in [0.29, 0.717) is 17.9 Å². The van der Waals surface area contributed by atoms with Crippen molar-refractivity contribution in [3.05, 3.63) is 0 Å². The molecule has 2 aliphatic rings. The van der Waals surface area contributed by atoms with Gasteiger partial charge in [-0.1, -0.05) is 6.42 Å². The number of hydrogen-bond donors (Lipinski definition) is 2. The molecule has 2 heterocycles. The maximum atomic E-state index is 12.0. The van der Waals surface area contributed by atoms with E-state index in [1.165, 1.54) is 0 Å². The van der Waals surface area contributed by atoms with Crippen molar-refractivity contribution in [2.75, 3.05) is 24.6 Å². The van der Waals surface area contributed by atoms with Crippen molar-refractivity contribution in [3.63, 3.8) is 0 Å². The summed E-state index contributed by atoms with van der Waals surface area (Å²) in [6.45, 7) is 3.62. The maximum Gasteiger partial charge on any atom is 0.317 e. The molecule has 2 N–H and O–H groups in total. The lowest BCUT2D eigenvalue weighted by atomic mass is 9.87. The molecule has 21 heavy (non-hydrogen) atoms. The molecule has 0 aromatic carbocycles. The molecule has 2 rings (SSSR count). The Kier molecular flexibility index (Phi) is 6.21. The number of nitrogens with zero attached hydrogens (tertiary/aromatic N) is 1. The number of rotatable bonds is 6. The summed E-state index contributed by atoms with van der Waals surface area (Å²) in [5.41, 5.74) is 0. The van der Waals surface area contributed by atoms with Crippen molar-refractivity contribution in [2.45, 2.75) is 45.1 Å². The highest BCUT2D eigenvalue weighted by molar-refractivity contribution is 7.99. The summed E-state index contributed by atoms with van der Waals surface area (Å²) in [4.78, 5) is 24.5. The summed E-state index contributed by atoms with van der Waals surface area (Å²) in [5, 5.41) is 11.7. The van der Waals surface area contributed by atoms with Gasteiger partial charge in [-0.25, -0.2) is 4.79 Å². The van der Waals surface area contributed by atoms with E-state index in [2.05, 4.69) is 5.32 Å². The Bertz CT molecular complexity index is 378. The summed E-state index contributed by atoms with van der Waals surface area (Å²) < 4.78 is 0. The van der Waals surface area contributed by atoms with E-state index in [0.717, 1.165) is 50.3 Å². The first-order valence-corrected chi connectivity index (χ1v) is 9.11. The molecule has 0 aromatic rings. The van der Waals surface area contributed by atoms with Gasteiger partial charge in [0.05, 0.1) is 0 Å². The van der Waals surface area contributed by atoms with Gasteiger partial charge in [-0.05, 0) is 43.6 Å². The number of carbonyl (C=O) groups is 2. The van der Waals surface area contributed by atoms with Crippen molar-refractivity contribution in [3.8, 4) is 0 Å². The lowest BCUT2D eigenvalue weighted by molar-refractivity contribution is -0.137. The lowest BCUT2D eigenvalue weighted by Crippen LogP contribution is -2.57. The van der Waals surface area contributed by atoms with Crippen molar-refractivity contribution >= 4 is 23.8 Å². The molecule has 0 bridgehead atoms. The minimum absolute atomic E-state index is 0.0790. The van der Waals surface area contributed by atoms with Crippen molar-refractivity contribution in [2.24, 2.45) is 11.8 Å². The Balaban J connectivity index is 1.87. The standard InChI is InChI=1S/C15H26N2O3S/c1-2-17-13-7-11(5-3-4-6-14(18)19)9-21-10-12(13)8-16-15(17)20/h11-13H,2-10H2,1H3,(H,16,20)(H,18,19)/t11-,12-,13+/m0/s1. The van der Waals surface area contributed by atoms with Crippen LogP contribution < -0.4 is 5.32 Å². The van der Waals surface area contributed by atoms with Crippen LogP contribution in [0.4, 0.5) is 4.79 Å². The Morgan fingerprint density at radius 3 is 2.95 bits per heavy atom. The quantitative estimate of drug-likeness (QED) is 0.739. The number of carboxylic acid groups (broad SMARTS) is 1.